The summed E-state index contributed by atoms with van der Waals surface area (Å²) in [6.07, 6.45) is 5.29. The fourth-order valence-corrected chi connectivity index (χ4v) is 2.17. The van der Waals surface area contributed by atoms with Crippen molar-refractivity contribution < 1.29 is 4.79 Å². The lowest BCUT2D eigenvalue weighted by Gasteiger charge is -2.36. The van der Waals surface area contributed by atoms with Crippen LogP contribution in [0.3, 0.4) is 0 Å². The Morgan fingerprint density at radius 3 is 3.00 bits per heavy atom. The van der Waals surface area contributed by atoms with Crippen molar-refractivity contribution in [2.24, 2.45) is 5.10 Å². The van der Waals surface area contributed by atoms with E-state index < -0.39 is 0 Å². The van der Waals surface area contributed by atoms with Crippen LogP contribution in [0.5, 0.6) is 0 Å². The predicted octanol–water partition coefficient (Wildman–Crippen LogP) is 0.689. The zero-order chi connectivity index (χ0) is 9.97. The van der Waals surface area contributed by atoms with E-state index in [2.05, 4.69) is 10.1 Å². The molecule has 2 aliphatic rings. The Kier molecular flexibility index (Phi) is 2.70. The number of nitrogens with zero attached hydrogens (tertiary/aromatic N) is 3. The number of rotatable bonds is 1. The molecule has 0 radical (unpaired) electrons. The van der Waals surface area contributed by atoms with E-state index in [4.69, 9.17) is 0 Å². The Morgan fingerprint density at radius 1 is 1.50 bits per heavy atom. The van der Waals surface area contributed by atoms with Crippen molar-refractivity contribution in [3.63, 3.8) is 0 Å². The first kappa shape index (κ1) is 9.49. The van der Waals surface area contributed by atoms with Crippen molar-refractivity contribution in [3.05, 3.63) is 0 Å². The molecule has 1 unspecified atom stereocenters. The summed E-state index contributed by atoms with van der Waals surface area (Å²) in [7, 11) is 0. The van der Waals surface area contributed by atoms with Gasteiger partial charge in [-0.15, -0.1) is 0 Å². The second-order valence-electron chi connectivity index (χ2n) is 4.01. The molecule has 1 atom stereocenters. The SMILES string of the molecule is CC(=O)N1CCCC(N2CCC=N2)C1. The normalized spacial score (nSPS) is 27.1. The second-order valence-corrected chi connectivity index (χ2v) is 4.01. The smallest absolute Gasteiger partial charge is 0.219 e. The lowest BCUT2D eigenvalue weighted by atomic mass is 10.1. The third-order valence-electron chi connectivity index (χ3n) is 2.98. The molecule has 4 nitrogen and oxygen atoms in total. The summed E-state index contributed by atoms with van der Waals surface area (Å²) in [5, 5.41) is 6.46. The van der Waals surface area contributed by atoms with Gasteiger partial charge in [0.25, 0.3) is 0 Å². The maximum absolute atomic E-state index is 11.2. The molecule has 1 saturated heterocycles. The molecule has 1 amide bonds. The molecule has 14 heavy (non-hydrogen) atoms. The third-order valence-corrected chi connectivity index (χ3v) is 2.98. The van der Waals surface area contributed by atoms with E-state index in [1.807, 2.05) is 11.1 Å². The molecular weight excluding hydrogens is 178 g/mol. The van der Waals surface area contributed by atoms with Gasteiger partial charge in [-0.25, -0.2) is 0 Å². The molecule has 0 aromatic heterocycles. The minimum absolute atomic E-state index is 0.192. The number of hydrogen-bond acceptors (Lipinski definition) is 3. The molecule has 1 fully saturated rings. The van der Waals surface area contributed by atoms with Crippen molar-refractivity contribution in [3.8, 4) is 0 Å². The maximum atomic E-state index is 11.2. The van der Waals surface area contributed by atoms with Crippen molar-refractivity contribution >= 4 is 12.1 Å². The maximum Gasteiger partial charge on any atom is 0.219 e. The van der Waals surface area contributed by atoms with Gasteiger partial charge in [0.1, 0.15) is 0 Å². The minimum Gasteiger partial charge on any atom is -0.341 e. The van der Waals surface area contributed by atoms with Gasteiger partial charge in [0.15, 0.2) is 0 Å². The Bertz CT molecular complexity index is 252. The number of carbonyl (C=O) groups excluding carboxylic acids is 1. The summed E-state index contributed by atoms with van der Waals surface area (Å²) < 4.78 is 0. The average Bonchev–Trinajstić information content (AvgIpc) is 2.71. The zero-order valence-corrected chi connectivity index (χ0v) is 8.65. The molecule has 0 aromatic carbocycles. The molecule has 0 saturated carbocycles. The van der Waals surface area contributed by atoms with Crippen molar-refractivity contribution in [2.45, 2.75) is 32.2 Å². The molecule has 0 aliphatic carbocycles. The summed E-state index contributed by atoms with van der Waals surface area (Å²) in [5.41, 5.74) is 0. The van der Waals surface area contributed by atoms with Crippen LogP contribution in [0.25, 0.3) is 0 Å². The molecule has 2 aliphatic heterocycles. The number of hydrogen-bond donors (Lipinski definition) is 0. The molecule has 2 rings (SSSR count). The van der Waals surface area contributed by atoms with Crippen LogP contribution in [-0.4, -0.2) is 47.7 Å². The molecule has 2 heterocycles. The van der Waals surface area contributed by atoms with Crippen LogP contribution in [0, 0.1) is 0 Å². The van der Waals surface area contributed by atoms with Crippen molar-refractivity contribution in [1.29, 1.82) is 0 Å². The van der Waals surface area contributed by atoms with Crippen LogP contribution in [-0.2, 0) is 4.79 Å². The molecule has 0 bridgehead atoms. The number of hydrazone groups is 1. The van der Waals surface area contributed by atoms with Gasteiger partial charge >= 0.3 is 0 Å². The molecule has 0 N–H and O–H groups in total. The van der Waals surface area contributed by atoms with Crippen LogP contribution < -0.4 is 0 Å². The first-order valence-corrected chi connectivity index (χ1v) is 5.32. The molecular formula is C10H17N3O. The second kappa shape index (κ2) is 3.98. The number of carbonyl (C=O) groups is 1. The lowest BCUT2D eigenvalue weighted by Crippen LogP contribution is -2.47. The van der Waals surface area contributed by atoms with Gasteiger partial charge in [0, 0.05) is 39.2 Å². The van der Waals surface area contributed by atoms with Crippen LogP contribution in [0.15, 0.2) is 5.10 Å². The standard InChI is InChI=1S/C10H17N3O/c1-9(14)12-6-2-4-10(8-12)13-7-3-5-11-13/h5,10H,2-4,6-8H2,1H3. The van der Waals surface area contributed by atoms with E-state index >= 15 is 0 Å². The monoisotopic (exact) mass is 195 g/mol. The molecule has 4 heteroatoms. The predicted molar refractivity (Wildman–Crippen MR) is 55.1 cm³/mol. The van der Waals surface area contributed by atoms with Gasteiger partial charge in [-0.3, -0.25) is 9.80 Å². The highest BCUT2D eigenvalue weighted by Crippen LogP contribution is 2.18. The van der Waals surface area contributed by atoms with E-state index in [0.717, 1.165) is 32.5 Å². The van der Waals surface area contributed by atoms with E-state index in [-0.39, 0.29) is 5.91 Å². The van der Waals surface area contributed by atoms with Crippen molar-refractivity contribution in [2.75, 3.05) is 19.6 Å². The Morgan fingerprint density at radius 2 is 2.36 bits per heavy atom. The largest absolute Gasteiger partial charge is 0.341 e. The fraction of sp³-hybridized carbons (Fsp3) is 0.800. The van der Waals surface area contributed by atoms with E-state index in [0.29, 0.717) is 6.04 Å². The summed E-state index contributed by atoms with van der Waals surface area (Å²) in [4.78, 5) is 13.2. The Labute approximate surface area is 84.6 Å². The van der Waals surface area contributed by atoms with Crippen LogP contribution in [0.2, 0.25) is 0 Å². The van der Waals surface area contributed by atoms with Crippen LogP contribution in [0.1, 0.15) is 26.2 Å². The van der Waals surface area contributed by atoms with E-state index in [9.17, 15) is 4.79 Å². The quantitative estimate of drug-likeness (QED) is 0.617. The molecule has 78 valence electrons. The van der Waals surface area contributed by atoms with E-state index in [1.54, 1.807) is 6.92 Å². The summed E-state index contributed by atoms with van der Waals surface area (Å²) in [5.74, 6) is 0.192. The lowest BCUT2D eigenvalue weighted by molar-refractivity contribution is -0.130. The van der Waals surface area contributed by atoms with Gasteiger partial charge in [0.05, 0.1) is 6.04 Å². The number of amides is 1. The number of piperidine rings is 1. The average molecular weight is 195 g/mol. The molecule has 0 aromatic rings. The highest BCUT2D eigenvalue weighted by molar-refractivity contribution is 5.73. The first-order valence-electron chi connectivity index (χ1n) is 5.32. The summed E-state index contributed by atoms with van der Waals surface area (Å²) in [6.45, 7) is 4.45. The Hall–Kier alpha value is -1.06. The summed E-state index contributed by atoms with van der Waals surface area (Å²) >= 11 is 0. The fourth-order valence-electron chi connectivity index (χ4n) is 2.17. The highest BCUT2D eigenvalue weighted by Gasteiger charge is 2.26. The van der Waals surface area contributed by atoms with Gasteiger partial charge in [-0.1, -0.05) is 0 Å². The van der Waals surface area contributed by atoms with Crippen molar-refractivity contribution in [1.82, 2.24) is 9.91 Å². The third kappa shape index (κ3) is 1.89. The number of likely N-dealkylation sites (tertiary alicyclic amines) is 1. The minimum atomic E-state index is 0.192. The Balaban J connectivity index is 1.93. The topological polar surface area (TPSA) is 35.9 Å². The highest BCUT2D eigenvalue weighted by atomic mass is 16.2. The molecule has 0 spiro atoms. The van der Waals surface area contributed by atoms with Crippen LogP contribution in [0.4, 0.5) is 0 Å². The summed E-state index contributed by atoms with van der Waals surface area (Å²) in [6, 6.07) is 0.450. The van der Waals surface area contributed by atoms with E-state index in [1.165, 1.54) is 6.42 Å². The first-order chi connectivity index (χ1) is 6.77. The van der Waals surface area contributed by atoms with Gasteiger partial charge < -0.3 is 4.90 Å². The van der Waals surface area contributed by atoms with Gasteiger partial charge in [-0.2, -0.15) is 5.10 Å². The zero-order valence-electron chi connectivity index (χ0n) is 8.65. The van der Waals surface area contributed by atoms with Gasteiger partial charge in [-0.05, 0) is 12.8 Å². The van der Waals surface area contributed by atoms with Crippen LogP contribution >= 0.6 is 0 Å². The van der Waals surface area contributed by atoms with Gasteiger partial charge in [0.2, 0.25) is 5.91 Å².